The molecule has 5 aliphatic rings. The van der Waals surface area contributed by atoms with E-state index in [0.29, 0.717) is 70.4 Å². The number of hydrogen-bond acceptors (Lipinski definition) is 11. The van der Waals surface area contributed by atoms with Crippen LogP contribution < -0.4 is 16.1 Å². The first-order chi connectivity index (χ1) is 32.9. The van der Waals surface area contributed by atoms with Crippen molar-refractivity contribution in [3.05, 3.63) is 71.5 Å². The van der Waals surface area contributed by atoms with Crippen molar-refractivity contribution in [2.45, 2.75) is 117 Å². The van der Waals surface area contributed by atoms with Gasteiger partial charge >= 0.3 is 5.97 Å². The van der Waals surface area contributed by atoms with Crippen LogP contribution in [0.2, 0.25) is 0 Å². The van der Waals surface area contributed by atoms with Crippen LogP contribution in [0.15, 0.2) is 54.7 Å². The Morgan fingerprint density at radius 2 is 1.81 bits per heavy atom. The number of likely N-dealkylation sites (tertiary alicyclic amines) is 1. The fourth-order valence-corrected chi connectivity index (χ4v) is 11.5. The number of aromatic hydroxyl groups is 1. The summed E-state index contributed by atoms with van der Waals surface area (Å²) >= 11 is 0. The van der Waals surface area contributed by atoms with Gasteiger partial charge in [0.05, 0.1) is 30.1 Å². The van der Waals surface area contributed by atoms with E-state index in [0.717, 1.165) is 44.5 Å². The summed E-state index contributed by atoms with van der Waals surface area (Å²) in [5.41, 5.74) is 9.58. The van der Waals surface area contributed by atoms with E-state index in [1.165, 1.54) is 9.91 Å². The van der Waals surface area contributed by atoms with Crippen LogP contribution in [0.4, 0.5) is 0 Å². The number of rotatable bonds is 10. The van der Waals surface area contributed by atoms with E-state index in [1.54, 1.807) is 32.5 Å². The minimum Gasteiger partial charge on any atom is -0.508 e. The lowest BCUT2D eigenvalue weighted by Gasteiger charge is -2.59. The van der Waals surface area contributed by atoms with Gasteiger partial charge in [-0.15, -0.1) is 0 Å². The maximum atomic E-state index is 14.8. The number of aromatic nitrogens is 2. The van der Waals surface area contributed by atoms with E-state index in [9.17, 15) is 29.1 Å². The number of phenolic OH excluding ortho intramolecular Hbond substituents is 1. The molecule has 4 aliphatic heterocycles. The number of hydrogen-bond donors (Lipinski definition) is 4. The zero-order valence-corrected chi connectivity index (χ0v) is 41.3. The molecule has 5 atom stereocenters. The fourth-order valence-electron chi connectivity index (χ4n) is 11.5. The third-order valence-corrected chi connectivity index (χ3v) is 15.1. The first-order valence-electron chi connectivity index (χ1n) is 24.7. The summed E-state index contributed by atoms with van der Waals surface area (Å²) in [7, 11) is 3.33. The van der Waals surface area contributed by atoms with Gasteiger partial charge in [0.1, 0.15) is 23.9 Å². The maximum Gasteiger partial charge on any atom is 0.324 e. The van der Waals surface area contributed by atoms with Gasteiger partial charge < -0.3 is 39.6 Å². The predicted octanol–water partition coefficient (Wildman–Crippen LogP) is 5.15. The minimum atomic E-state index is -1.14. The Morgan fingerprint density at radius 3 is 2.51 bits per heavy atom. The number of likely N-dealkylation sites (N-methyl/N-ethyl adjacent to an activating group) is 1. The Labute approximate surface area is 404 Å². The molecule has 4 amide bonds. The largest absolute Gasteiger partial charge is 0.508 e. The molecular weight excluding hydrogens is 877 g/mol. The molecule has 4 aromatic rings. The number of cyclic esters (lactones) is 1. The second-order valence-electron chi connectivity index (χ2n) is 21.4. The summed E-state index contributed by atoms with van der Waals surface area (Å²) in [5, 5.41) is 19.9. The number of benzene rings is 2. The number of ether oxygens (including phenoxy) is 2. The number of pyridine rings is 1. The zero-order valence-electron chi connectivity index (χ0n) is 41.3. The number of nitrogens with zero attached hydrogens (tertiary/aromatic N) is 5. The summed E-state index contributed by atoms with van der Waals surface area (Å²) in [6.07, 6.45) is 4.34. The Kier molecular flexibility index (Phi) is 13.1. The average molecular weight is 945 g/mol. The number of hydrazine groups is 1. The van der Waals surface area contributed by atoms with E-state index in [-0.39, 0.29) is 60.0 Å². The van der Waals surface area contributed by atoms with Gasteiger partial charge in [0.15, 0.2) is 0 Å². The Bertz CT molecular complexity index is 2660. The van der Waals surface area contributed by atoms with Gasteiger partial charge in [-0.3, -0.25) is 34.0 Å². The number of carbonyl (C=O) groups is 5. The van der Waals surface area contributed by atoms with Gasteiger partial charge in [0.2, 0.25) is 17.7 Å². The first-order valence-corrected chi connectivity index (χ1v) is 24.7. The van der Waals surface area contributed by atoms with E-state index in [2.05, 4.69) is 59.6 Å². The normalized spacial score (nSPS) is 23.1. The molecule has 69 heavy (non-hydrogen) atoms. The molecule has 4 N–H and O–H groups in total. The number of methoxy groups -OCH3 is 1. The molecule has 0 unspecified atom stereocenters. The number of aryl methyl sites for hydroxylation is 1. The van der Waals surface area contributed by atoms with E-state index >= 15 is 0 Å². The Hall–Kier alpha value is -5.84. The number of nitrogens with one attached hydrogen (secondary N) is 3. The average Bonchev–Trinajstić information content (AvgIpc) is 4.11. The molecule has 368 valence electrons. The van der Waals surface area contributed by atoms with Crippen molar-refractivity contribution in [1.82, 2.24) is 40.4 Å². The molecule has 16 nitrogen and oxygen atoms in total. The van der Waals surface area contributed by atoms with Crippen LogP contribution >= 0.6 is 0 Å². The van der Waals surface area contributed by atoms with Crippen molar-refractivity contribution in [3.63, 3.8) is 0 Å². The van der Waals surface area contributed by atoms with E-state index in [1.807, 2.05) is 43.9 Å². The predicted molar refractivity (Wildman–Crippen MR) is 260 cm³/mol. The van der Waals surface area contributed by atoms with Crippen LogP contribution in [0.3, 0.4) is 0 Å². The number of carbonyl (C=O) groups excluding carboxylic acids is 5. The standard InChI is InChI=1S/C53H68N8O8/c1-9-60-43-15-14-33-22-38(43)39(46(60)37-12-10-16-54-44(37)31(4)68-8)25-52(5,6)29-69-51(67)40-13-11-17-61(57-40)50(66)41(20-32-18-34(33)21-36(62)19-32)56-47(63)45(30(2)3)58(7)48(64)35-23-53(24-35)27-59(28-53)49(65)42-26-55-42/h10,12,14-16,18-19,21-22,30-31,35,40-42,45,55,57,62H,9,11,13,17,20,23-29H2,1-8H3,(H,56,63)/t31-,40-,41-,42+,45-/m0/s1. The minimum absolute atomic E-state index is 0.00183. The number of amides is 4. The summed E-state index contributed by atoms with van der Waals surface area (Å²) in [6.45, 7) is 15.1. The fraction of sp³-hybridized carbons (Fsp3) is 0.547. The van der Waals surface area contributed by atoms with Gasteiger partial charge in [-0.05, 0) is 111 Å². The van der Waals surface area contributed by atoms with Gasteiger partial charge in [-0.1, -0.05) is 39.8 Å². The molecule has 4 fully saturated rings. The summed E-state index contributed by atoms with van der Waals surface area (Å²) < 4.78 is 14.2. The first kappa shape index (κ1) is 48.2. The van der Waals surface area contributed by atoms with E-state index in [4.69, 9.17) is 14.5 Å². The molecule has 2 aromatic heterocycles. The molecule has 16 heteroatoms. The Morgan fingerprint density at radius 1 is 1.06 bits per heavy atom. The SMILES string of the molecule is CCn1c(-c2cccnc2[C@H](C)OC)c2c3cc(ccc31)-c1cc(O)cc(c1)C[C@H](NC(=O)[C@H](C(C)C)N(C)C(=O)C1CC3(C1)CN(C(=O)[C@H]1CN1)C3)C(=O)N1CCC[C@H](N1)C(=O)OCC(C)(C)C2. The highest BCUT2D eigenvalue weighted by molar-refractivity contribution is 5.96. The van der Waals surface area contributed by atoms with Crippen molar-refractivity contribution in [2.24, 2.45) is 22.7 Å². The van der Waals surface area contributed by atoms with Gasteiger partial charge in [-0.2, -0.15) is 0 Å². The van der Waals surface area contributed by atoms with Crippen molar-refractivity contribution >= 4 is 40.5 Å². The Balaban J connectivity index is 1.05. The van der Waals surface area contributed by atoms with E-state index < -0.39 is 41.3 Å². The smallest absolute Gasteiger partial charge is 0.324 e. The molecule has 2 aromatic carbocycles. The molecule has 0 radical (unpaired) electrons. The zero-order chi connectivity index (χ0) is 49.1. The maximum absolute atomic E-state index is 14.8. The summed E-state index contributed by atoms with van der Waals surface area (Å²) in [5.74, 6) is -1.97. The molecule has 6 bridgehead atoms. The topological polar surface area (TPSA) is 198 Å². The monoisotopic (exact) mass is 945 g/mol. The number of fused-ring (bicyclic) bond motifs is 6. The summed E-state index contributed by atoms with van der Waals surface area (Å²) in [4.78, 5) is 78.2. The van der Waals surface area contributed by atoms with Crippen LogP contribution in [0.25, 0.3) is 33.3 Å². The highest BCUT2D eigenvalue weighted by atomic mass is 16.5. The van der Waals surface area contributed by atoms with Crippen molar-refractivity contribution in [3.8, 4) is 28.1 Å². The summed E-state index contributed by atoms with van der Waals surface area (Å²) in [6, 6.07) is 12.6. The third-order valence-electron chi connectivity index (χ3n) is 15.1. The molecule has 6 heterocycles. The quantitative estimate of drug-likeness (QED) is 0.121. The molecular formula is C53H68N8O8. The van der Waals surface area contributed by atoms with Gasteiger partial charge in [0.25, 0.3) is 5.91 Å². The van der Waals surface area contributed by atoms with Crippen molar-refractivity contribution in [2.75, 3.05) is 46.9 Å². The molecule has 1 spiro atoms. The highest BCUT2D eigenvalue weighted by Gasteiger charge is 2.57. The second kappa shape index (κ2) is 18.8. The third kappa shape index (κ3) is 9.47. The lowest BCUT2D eigenvalue weighted by Crippen LogP contribution is -2.67. The van der Waals surface area contributed by atoms with Crippen LogP contribution in [-0.4, -0.2) is 130 Å². The van der Waals surface area contributed by atoms with Crippen molar-refractivity contribution < 1.29 is 38.6 Å². The number of phenols is 1. The lowest BCUT2D eigenvalue weighted by atomic mass is 9.57. The highest BCUT2D eigenvalue weighted by Crippen LogP contribution is 2.53. The van der Waals surface area contributed by atoms with Gasteiger partial charge in [-0.25, -0.2) is 5.43 Å². The molecule has 3 saturated heterocycles. The lowest BCUT2D eigenvalue weighted by molar-refractivity contribution is -0.166. The molecule has 1 aliphatic carbocycles. The number of esters is 1. The van der Waals surface area contributed by atoms with Gasteiger partial charge in [0, 0.05) is 92.7 Å². The van der Waals surface area contributed by atoms with Crippen LogP contribution in [0, 0.1) is 22.7 Å². The van der Waals surface area contributed by atoms with Crippen molar-refractivity contribution in [1.29, 1.82) is 0 Å². The van der Waals surface area contributed by atoms with Crippen LogP contribution in [0.5, 0.6) is 5.75 Å². The van der Waals surface area contributed by atoms with Crippen LogP contribution in [-0.2, 0) is 52.8 Å². The second-order valence-corrected chi connectivity index (χ2v) is 21.4. The molecule has 9 rings (SSSR count). The van der Waals surface area contributed by atoms with Crippen LogP contribution in [0.1, 0.15) is 90.2 Å². The molecule has 1 saturated carbocycles.